The lowest BCUT2D eigenvalue weighted by atomic mass is 9.96. The first-order chi connectivity index (χ1) is 13.3. The Morgan fingerprint density at radius 2 is 1.89 bits per heavy atom. The molecular formula is C23H21N3O. The number of hydrogen-bond donors (Lipinski definition) is 0. The van der Waals surface area contributed by atoms with Crippen molar-refractivity contribution in [2.45, 2.75) is 32.0 Å². The third-order valence-corrected chi connectivity index (χ3v) is 5.37. The summed E-state index contributed by atoms with van der Waals surface area (Å²) in [7, 11) is 0. The molecule has 1 aromatic heterocycles. The van der Waals surface area contributed by atoms with E-state index in [-0.39, 0.29) is 12.3 Å². The van der Waals surface area contributed by atoms with Gasteiger partial charge in [0.05, 0.1) is 11.8 Å². The highest BCUT2D eigenvalue weighted by molar-refractivity contribution is 6.01. The Morgan fingerprint density at radius 3 is 2.67 bits per heavy atom. The van der Waals surface area contributed by atoms with Gasteiger partial charge in [0.15, 0.2) is 0 Å². The van der Waals surface area contributed by atoms with Crippen molar-refractivity contribution < 1.29 is 4.74 Å². The van der Waals surface area contributed by atoms with E-state index in [1.807, 2.05) is 18.3 Å². The summed E-state index contributed by atoms with van der Waals surface area (Å²) in [5.41, 5.74) is 5.78. The van der Waals surface area contributed by atoms with Crippen LogP contribution in [0.5, 0.6) is 5.75 Å². The molecule has 0 aliphatic carbocycles. The molecule has 0 N–H and O–H groups in total. The van der Waals surface area contributed by atoms with Crippen LogP contribution in [0.25, 0.3) is 0 Å². The van der Waals surface area contributed by atoms with Gasteiger partial charge in [0, 0.05) is 35.5 Å². The molecule has 0 saturated carbocycles. The topological polar surface area (TPSA) is 37.7 Å². The number of aromatic nitrogens is 1. The largest absolute Gasteiger partial charge is 0.464 e. The highest BCUT2D eigenvalue weighted by atomic mass is 16.5. The molecule has 134 valence electrons. The number of pyridine rings is 1. The number of benzene rings is 2. The summed E-state index contributed by atoms with van der Waals surface area (Å²) in [5, 5.41) is 7.08. The van der Waals surface area contributed by atoms with Crippen molar-refractivity contribution in [3.8, 4) is 5.75 Å². The van der Waals surface area contributed by atoms with E-state index in [2.05, 4.69) is 65.4 Å². The van der Waals surface area contributed by atoms with E-state index in [4.69, 9.17) is 9.84 Å². The van der Waals surface area contributed by atoms with Gasteiger partial charge in [-0.25, -0.2) is 5.01 Å². The summed E-state index contributed by atoms with van der Waals surface area (Å²) in [6, 6.07) is 21.2. The van der Waals surface area contributed by atoms with Crippen molar-refractivity contribution in [2.75, 3.05) is 0 Å². The van der Waals surface area contributed by atoms with E-state index in [1.54, 1.807) is 6.20 Å². The fourth-order valence-electron chi connectivity index (χ4n) is 3.88. The molecule has 0 spiro atoms. The van der Waals surface area contributed by atoms with Gasteiger partial charge in [0.2, 0.25) is 6.23 Å². The second-order valence-electron chi connectivity index (χ2n) is 6.99. The number of para-hydroxylation sites is 1. The van der Waals surface area contributed by atoms with Crippen LogP contribution in [0, 0.1) is 0 Å². The number of nitrogens with zero attached hydrogens (tertiary/aromatic N) is 3. The second-order valence-corrected chi connectivity index (χ2v) is 6.99. The molecule has 4 heteroatoms. The average Bonchev–Trinajstić information content (AvgIpc) is 3.20. The Morgan fingerprint density at radius 1 is 1.04 bits per heavy atom. The average molecular weight is 355 g/mol. The fourth-order valence-corrected chi connectivity index (χ4v) is 3.88. The summed E-state index contributed by atoms with van der Waals surface area (Å²) >= 11 is 0. The molecule has 2 aliphatic heterocycles. The summed E-state index contributed by atoms with van der Waals surface area (Å²) in [5.74, 6) is 0.950. The van der Waals surface area contributed by atoms with Crippen molar-refractivity contribution >= 4 is 5.71 Å². The zero-order valence-corrected chi connectivity index (χ0v) is 15.2. The molecule has 5 rings (SSSR count). The minimum Gasteiger partial charge on any atom is -0.464 e. The van der Waals surface area contributed by atoms with E-state index in [0.717, 1.165) is 35.4 Å². The van der Waals surface area contributed by atoms with Gasteiger partial charge in [0.25, 0.3) is 0 Å². The van der Waals surface area contributed by atoms with E-state index in [9.17, 15) is 0 Å². The van der Waals surface area contributed by atoms with Gasteiger partial charge >= 0.3 is 0 Å². The molecule has 2 aromatic carbocycles. The van der Waals surface area contributed by atoms with E-state index >= 15 is 0 Å². The standard InChI is InChI=1S/C23H21N3O/c1-2-16-9-11-17(12-10-16)23-26-21(19-7-3-4-8-22(19)27-23)14-20(25-26)18-6-5-13-24-15-18/h3-13,15,21,23H,2,14H2,1H3/t21-,23+/m0/s1. The lowest BCUT2D eigenvalue weighted by Crippen LogP contribution is -2.33. The first-order valence-electron chi connectivity index (χ1n) is 9.44. The summed E-state index contributed by atoms with van der Waals surface area (Å²) in [6.45, 7) is 2.17. The van der Waals surface area contributed by atoms with Gasteiger partial charge < -0.3 is 4.74 Å². The van der Waals surface area contributed by atoms with Gasteiger partial charge in [-0.3, -0.25) is 4.98 Å². The minimum absolute atomic E-state index is 0.181. The van der Waals surface area contributed by atoms with Gasteiger partial charge in [-0.2, -0.15) is 5.10 Å². The van der Waals surface area contributed by atoms with Crippen LogP contribution in [0.3, 0.4) is 0 Å². The van der Waals surface area contributed by atoms with Crippen molar-refractivity contribution in [3.63, 3.8) is 0 Å². The fraction of sp³-hybridized carbons (Fsp3) is 0.217. The van der Waals surface area contributed by atoms with Crippen LogP contribution >= 0.6 is 0 Å². The van der Waals surface area contributed by atoms with Crippen molar-refractivity contribution in [1.29, 1.82) is 0 Å². The number of hydrogen-bond acceptors (Lipinski definition) is 4. The molecule has 0 bridgehead atoms. The maximum absolute atomic E-state index is 6.39. The zero-order chi connectivity index (χ0) is 18.2. The molecule has 4 nitrogen and oxygen atoms in total. The summed E-state index contributed by atoms with van der Waals surface area (Å²) < 4.78 is 6.39. The van der Waals surface area contributed by atoms with E-state index in [1.165, 1.54) is 11.1 Å². The van der Waals surface area contributed by atoms with Crippen molar-refractivity contribution in [1.82, 2.24) is 9.99 Å². The van der Waals surface area contributed by atoms with Crippen molar-refractivity contribution in [2.24, 2.45) is 5.10 Å². The van der Waals surface area contributed by atoms with Crippen LogP contribution in [0.15, 0.2) is 78.2 Å². The third kappa shape index (κ3) is 2.78. The number of fused-ring (bicyclic) bond motifs is 3. The Balaban J connectivity index is 1.57. The normalized spacial score (nSPS) is 20.5. The molecule has 0 radical (unpaired) electrons. The lowest BCUT2D eigenvalue weighted by molar-refractivity contribution is -0.0190. The zero-order valence-electron chi connectivity index (χ0n) is 15.2. The third-order valence-electron chi connectivity index (χ3n) is 5.37. The molecule has 3 heterocycles. The molecule has 2 aliphatic rings. The molecule has 2 atom stereocenters. The lowest BCUT2D eigenvalue weighted by Gasteiger charge is -2.38. The molecule has 0 amide bonds. The quantitative estimate of drug-likeness (QED) is 0.671. The van der Waals surface area contributed by atoms with Crippen LogP contribution in [0.1, 0.15) is 47.9 Å². The number of rotatable bonds is 3. The first kappa shape index (κ1) is 16.1. The van der Waals surface area contributed by atoms with Gasteiger partial charge in [-0.15, -0.1) is 0 Å². The molecule has 27 heavy (non-hydrogen) atoms. The van der Waals surface area contributed by atoms with Gasteiger partial charge in [0.1, 0.15) is 5.75 Å². The van der Waals surface area contributed by atoms with Crippen LogP contribution < -0.4 is 4.74 Å². The highest BCUT2D eigenvalue weighted by Gasteiger charge is 2.40. The Labute approximate surface area is 159 Å². The molecule has 3 aromatic rings. The van der Waals surface area contributed by atoms with Crippen molar-refractivity contribution in [3.05, 3.63) is 95.3 Å². The molecule has 0 fully saturated rings. The SMILES string of the molecule is CCc1ccc([C@H]2Oc3ccccc3[C@@H]3CC(c4cccnc4)=NN23)cc1. The first-order valence-corrected chi connectivity index (χ1v) is 9.44. The van der Waals surface area contributed by atoms with Gasteiger partial charge in [-0.05, 0) is 24.1 Å². The molecule has 0 unspecified atom stereocenters. The highest BCUT2D eigenvalue weighted by Crippen LogP contribution is 2.47. The monoisotopic (exact) mass is 355 g/mol. The van der Waals surface area contributed by atoms with Crippen LogP contribution in [-0.2, 0) is 6.42 Å². The number of hydrazone groups is 1. The predicted octanol–water partition coefficient (Wildman–Crippen LogP) is 4.89. The van der Waals surface area contributed by atoms with Crippen LogP contribution in [-0.4, -0.2) is 15.7 Å². The number of aryl methyl sites for hydroxylation is 1. The summed E-state index contributed by atoms with van der Waals surface area (Å²) in [4.78, 5) is 4.26. The van der Waals surface area contributed by atoms with E-state index in [0.29, 0.717) is 0 Å². The Kier molecular flexibility index (Phi) is 3.89. The Hall–Kier alpha value is -3.14. The van der Waals surface area contributed by atoms with Gasteiger partial charge in [-0.1, -0.05) is 55.5 Å². The van der Waals surface area contributed by atoms with Crippen LogP contribution in [0.2, 0.25) is 0 Å². The summed E-state index contributed by atoms with van der Waals surface area (Å²) in [6.07, 6.45) is 5.35. The smallest absolute Gasteiger partial charge is 0.213 e. The minimum atomic E-state index is -0.218. The maximum Gasteiger partial charge on any atom is 0.213 e. The number of ether oxygens (including phenoxy) is 1. The van der Waals surface area contributed by atoms with Crippen LogP contribution in [0.4, 0.5) is 0 Å². The predicted molar refractivity (Wildman–Crippen MR) is 106 cm³/mol. The molecule has 0 saturated heterocycles. The Bertz CT molecular complexity index is 982. The molecular weight excluding hydrogens is 334 g/mol. The maximum atomic E-state index is 6.39. The van der Waals surface area contributed by atoms with E-state index < -0.39 is 0 Å². The second kappa shape index (κ2) is 6.54.